The highest BCUT2D eigenvalue weighted by Gasteiger charge is 2.30. The molecule has 3 N–H and O–H groups in total. The van der Waals surface area contributed by atoms with Crippen molar-refractivity contribution in [1.82, 2.24) is 0 Å². The van der Waals surface area contributed by atoms with Crippen molar-refractivity contribution >= 4 is 0 Å². The maximum atomic E-state index is 9.10. The van der Waals surface area contributed by atoms with Crippen LogP contribution in [0.1, 0.15) is 13.3 Å². The third-order valence-corrected chi connectivity index (χ3v) is 1.70. The van der Waals surface area contributed by atoms with Crippen molar-refractivity contribution in [2.75, 3.05) is 13.2 Å². The molecule has 13 heavy (non-hydrogen) atoms. The first-order chi connectivity index (χ1) is 6.17. The van der Waals surface area contributed by atoms with Crippen LogP contribution in [0.15, 0.2) is 0 Å². The van der Waals surface area contributed by atoms with Gasteiger partial charge in [-0.25, -0.2) is 0 Å². The van der Waals surface area contributed by atoms with Crippen LogP contribution in [-0.2, 0) is 4.74 Å². The number of hydrogen-bond donors (Lipinski definition) is 3. The normalized spacial score (nSPS) is 32.7. The average molecular weight is 188 g/mol. The molecule has 76 valence electrons. The molecule has 0 aromatic heterocycles. The summed E-state index contributed by atoms with van der Waals surface area (Å²) in [4.78, 5) is 0. The van der Waals surface area contributed by atoms with Gasteiger partial charge in [-0.15, -0.1) is 12.3 Å². The fourth-order valence-electron chi connectivity index (χ4n) is 1.02. The van der Waals surface area contributed by atoms with Crippen LogP contribution >= 0.6 is 0 Å². The average Bonchev–Trinajstić information content (AvgIpc) is 2.11. The van der Waals surface area contributed by atoms with Gasteiger partial charge in [0.05, 0.1) is 12.7 Å². The van der Waals surface area contributed by atoms with Crippen molar-refractivity contribution in [1.29, 1.82) is 0 Å². The Morgan fingerprint density at radius 2 is 2.08 bits per heavy atom. The van der Waals surface area contributed by atoms with Gasteiger partial charge in [0.15, 0.2) is 0 Å². The highest BCUT2D eigenvalue weighted by atomic mass is 16.5. The molecule has 4 nitrogen and oxygen atoms in total. The van der Waals surface area contributed by atoms with E-state index in [0.717, 1.165) is 0 Å². The largest absolute Gasteiger partial charge is 0.394 e. The smallest absolute Gasteiger partial charge is 0.109 e. The van der Waals surface area contributed by atoms with E-state index in [9.17, 15) is 0 Å². The van der Waals surface area contributed by atoms with Crippen LogP contribution in [0.4, 0.5) is 0 Å². The van der Waals surface area contributed by atoms with Gasteiger partial charge in [-0.2, -0.15) is 0 Å². The minimum absolute atomic E-state index is 0.238. The van der Waals surface area contributed by atoms with Gasteiger partial charge >= 0.3 is 0 Å². The molecule has 4 heteroatoms. The second kappa shape index (κ2) is 6.87. The Balaban J connectivity index is 0.000000424. The fraction of sp³-hybridized carbons (Fsp3) is 0.778. The van der Waals surface area contributed by atoms with Crippen molar-refractivity contribution in [2.24, 2.45) is 0 Å². The zero-order chi connectivity index (χ0) is 10.3. The van der Waals surface area contributed by atoms with Crippen LogP contribution in [0.25, 0.3) is 0 Å². The fourth-order valence-corrected chi connectivity index (χ4v) is 1.02. The van der Waals surface area contributed by atoms with E-state index in [2.05, 4.69) is 12.3 Å². The molecule has 3 unspecified atom stereocenters. The molecule has 0 aliphatic carbocycles. The van der Waals surface area contributed by atoms with Crippen molar-refractivity contribution in [3.05, 3.63) is 0 Å². The summed E-state index contributed by atoms with van der Waals surface area (Å²) in [6.07, 6.45) is 2.76. The highest BCUT2D eigenvalue weighted by Crippen LogP contribution is 2.13. The summed E-state index contributed by atoms with van der Waals surface area (Å²) in [5, 5.41) is 26.7. The van der Waals surface area contributed by atoms with Crippen molar-refractivity contribution < 1.29 is 20.1 Å². The van der Waals surface area contributed by atoms with Crippen LogP contribution in [0, 0.1) is 12.3 Å². The SMILES string of the molecule is C#CC.OCC1OCCC(O)C1O. The highest BCUT2D eigenvalue weighted by molar-refractivity contribution is 4.79. The molecular weight excluding hydrogens is 172 g/mol. The van der Waals surface area contributed by atoms with Gasteiger partial charge in [0.1, 0.15) is 12.2 Å². The third kappa shape index (κ3) is 4.25. The second-order valence-electron chi connectivity index (χ2n) is 2.73. The zero-order valence-electron chi connectivity index (χ0n) is 7.68. The lowest BCUT2D eigenvalue weighted by Gasteiger charge is -2.30. The first-order valence-electron chi connectivity index (χ1n) is 4.13. The number of hydrogen-bond acceptors (Lipinski definition) is 4. The molecule has 1 saturated heterocycles. The van der Waals surface area contributed by atoms with Gasteiger partial charge in [0, 0.05) is 6.61 Å². The van der Waals surface area contributed by atoms with E-state index < -0.39 is 18.3 Å². The molecule has 0 aromatic carbocycles. The van der Waals surface area contributed by atoms with Gasteiger partial charge < -0.3 is 20.1 Å². The molecule has 0 amide bonds. The maximum absolute atomic E-state index is 9.10. The Kier molecular flexibility index (Phi) is 6.55. The van der Waals surface area contributed by atoms with Crippen LogP contribution < -0.4 is 0 Å². The van der Waals surface area contributed by atoms with Crippen LogP contribution in [0.3, 0.4) is 0 Å². The van der Waals surface area contributed by atoms with Gasteiger partial charge in [0.2, 0.25) is 0 Å². The quantitative estimate of drug-likeness (QED) is 0.468. The lowest BCUT2D eigenvalue weighted by Crippen LogP contribution is -2.46. The predicted octanol–water partition coefficient (Wildman–Crippen LogP) is -0.871. The number of aliphatic hydroxyl groups is 3. The van der Waals surface area contributed by atoms with Crippen molar-refractivity contribution in [3.8, 4) is 12.3 Å². The van der Waals surface area contributed by atoms with Gasteiger partial charge in [-0.3, -0.25) is 0 Å². The summed E-state index contributed by atoms with van der Waals surface area (Å²) in [7, 11) is 0. The standard InChI is InChI=1S/C6H12O4.C3H4/c7-3-5-6(9)4(8)1-2-10-5;1-3-2/h4-9H,1-3H2;1H,2H3. The van der Waals surface area contributed by atoms with Gasteiger partial charge in [-0.1, -0.05) is 0 Å². The zero-order valence-corrected chi connectivity index (χ0v) is 7.68. The molecule has 1 fully saturated rings. The predicted molar refractivity (Wildman–Crippen MR) is 48.0 cm³/mol. The summed E-state index contributed by atoms with van der Waals surface area (Å²) < 4.78 is 4.95. The molecule has 0 radical (unpaired) electrons. The minimum Gasteiger partial charge on any atom is -0.394 e. The molecule has 1 aliphatic heterocycles. The van der Waals surface area contributed by atoms with Gasteiger partial charge in [0.25, 0.3) is 0 Å². The summed E-state index contributed by atoms with van der Waals surface area (Å²) in [6, 6.07) is 0. The lowest BCUT2D eigenvalue weighted by atomic mass is 10.0. The number of rotatable bonds is 1. The van der Waals surface area contributed by atoms with Crippen LogP contribution in [-0.4, -0.2) is 46.8 Å². The monoisotopic (exact) mass is 188 g/mol. The van der Waals surface area contributed by atoms with E-state index in [1.807, 2.05) is 0 Å². The van der Waals surface area contributed by atoms with E-state index >= 15 is 0 Å². The van der Waals surface area contributed by atoms with Crippen molar-refractivity contribution in [3.63, 3.8) is 0 Å². The molecule has 3 atom stereocenters. The Hall–Kier alpha value is -0.600. The number of terminal acetylenes is 1. The van der Waals surface area contributed by atoms with E-state index in [4.69, 9.17) is 20.1 Å². The van der Waals surface area contributed by atoms with Gasteiger partial charge in [-0.05, 0) is 13.3 Å². The topological polar surface area (TPSA) is 69.9 Å². The molecule has 0 bridgehead atoms. The third-order valence-electron chi connectivity index (χ3n) is 1.70. The summed E-state index contributed by atoms with van der Waals surface area (Å²) in [6.45, 7) is 1.82. The molecule has 1 heterocycles. The van der Waals surface area contributed by atoms with Crippen LogP contribution in [0.5, 0.6) is 0 Å². The first-order valence-corrected chi connectivity index (χ1v) is 4.13. The maximum Gasteiger partial charge on any atom is 0.109 e. The Morgan fingerprint density at radius 3 is 2.46 bits per heavy atom. The van der Waals surface area contributed by atoms with E-state index in [1.54, 1.807) is 6.92 Å². The first kappa shape index (κ1) is 12.4. The minimum atomic E-state index is -0.932. The Bertz CT molecular complexity index is 163. The molecule has 0 saturated carbocycles. The van der Waals surface area contributed by atoms with Crippen molar-refractivity contribution in [2.45, 2.75) is 31.7 Å². The summed E-state index contributed by atoms with van der Waals surface area (Å²) >= 11 is 0. The molecular formula is C9H16O4. The molecule has 0 spiro atoms. The van der Waals surface area contributed by atoms with E-state index in [0.29, 0.717) is 13.0 Å². The van der Waals surface area contributed by atoms with Crippen LogP contribution in [0.2, 0.25) is 0 Å². The van der Waals surface area contributed by atoms with E-state index in [-0.39, 0.29) is 6.61 Å². The molecule has 0 aromatic rings. The number of ether oxygens (including phenoxy) is 1. The summed E-state index contributed by atoms with van der Waals surface area (Å²) in [5.41, 5.74) is 0. The lowest BCUT2D eigenvalue weighted by molar-refractivity contribution is -0.147. The summed E-state index contributed by atoms with van der Waals surface area (Å²) in [5.74, 6) is 2.25. The Morgan fingerprint density at radius 1 is 1.54 bits per heavy atom. The molecule has 1 rings (SSSR count). The molecule has 1 aliphatic rings. The van der Waals surface area contributed by atoms with E-state index in [1.165, 1.54) is 0 Å². The number of aliphatic hydroxyl groups excluding tert-OH is 3. The Labute approximate surface area is 78.2 Å². The second-order valence-corrected chi connectivity index (χ2v) is 2.73.